The number of hydrogen-bond acceptors (Lipinski definition) is 2. The van der Waals surface area contributed by atoms with Gasteiger partial charge in [0.25, 0.3) is 5.91 Å². The van der Waals surface area contributed by atoms with E-state index < -0.39 is 81.0 Å². The molecule has 15 heteroatoms. The van der Waals surface area contributed by atoms with Crippen LogP contribution in [0, 0.1) is 11.7 Å². The van der Waals surface area contributed by atoms with Crippen LogP contribution in [-0.2, 0) is 11.0 Å². The largest absolute Gasteiger partial charge is 0.417 e. The van der Waals surface area contributed by atoms with E-state index in [1.165, 1.54) is 12.1 Å². The van der Waals surface area contributed by atoms with Gasteiger partial charge in [-0.1, -0.05) is 29.3 Å². The summed E-state index contributed by atoms with van der Waals surface area (Å²) in [6, 6.07) is 4.72. The Morgan fingerprint density at radius 1 is 1.00 bits per heavy atom. The van der Waals surface area contributed by atoms with Gasteiger partial charge in [0.1, 0.15) is 10.2 Å². The van der Waals surface area contributed by atoms with Crippen molar-refractivity contribution in [1.29, 1.82) is 0 Å². The monoisotopic (exact) mass is 598 g/mol. The molecular formula is C21H13Cl4F7N2O2. The van der Waals surface area contributed by atoms with Crippen molar-refractivity contribution in [3.63, 3.8) is 0 Å². The van der Waals surface area contributed by atoms with Crippen molar-refractivity contribution in [1.82, 2.24) is 5.32 Å². The molecule has 2 atom stereocenters. The number of halogens is 11. The molecule has 1 aliphatic carbocycles. The zero-order valence-electron chi connectivity index (χ0n) is 17.4. The molecule has 4 nitrogen and oxygen atoms in total. The van der Waals surface area contributed by atoms with Gasteiger partial charge < -0.3 is 10.6 Å². The molecule has 0 heterocycles. The maximum atomic E-state index is 13.5. The second-order valence-electron chi connectivity index (χ2n) is 7.80. The zero-order valence-corrected chi connectivity index (χ0v) is 20.5. The lowest BCUT2D eigenvalue weighted by Gasteiger charge is -2.16. The number of alkyl halides is 8. The first-order valence-electron chi connectivity index (χ1n) is 9.82. The molecule has 2 amide bonds. The van der Waals surface area contributed by atoms with Crippen LogP contribution in [0.15, 0.2) is 30.3 Å². The quantitative estimate of drug-likeness (QED) is 0.269. The third kappa shape index (κ3) is 6.30. The van der Waals surface area contributed by atoms with Crippen LogP contribution in [0.25, 0.3) is 0 Å². The van der Waals surface area contributed by atoms with E-state index in [1.807, 2.05) is 5.32 Å². The Balaban J connectivity index is 1.87. The maximum absolute atomic E-state index is 13.5. The maximum Gasteiger partial charge on any atom is 0.417 e. The Labute approximate surface area is 219 Å². The minimum Gasteiger partial charge on any atom is -0.352 e. The van der Waals surface area contributed by atoms with E-state index >= 15 is 0 Å². The smallest absolute Gasteiger partial charge is 0.352 e. The van der Waals surface area contributed by atoms with E-state index in [2.05, 4.69) is 5.32 Å². The molecule has 2 N–H and O–H groups in total. The average molecular weight is 600 g/mol. The van der Waals surface area contributed by atoms with Crippen molar-refractivity contribution >= 4 is 63.9 Å². The van der Waals surface area contributed by atoms with Gasteiger partial charge in [-0.15, -0.1) is 23.2 Å². The van der Waals surface area contributed by atoms with Crippen molar-refractivity contribution < 1.29 is 40.3 Å². The summed E-state index contributed by atoms with van der Waals surface area (Å²) in [7, 11) is 0. The Morgan fingerprint density at radius 3 is 2.19 bits per heavy atom. The lowest BCUT2D eigenvalue weighted by molar-refractivity contribution is -0.137. The number of anilines is 1. The summed E-state index contributed by atoms with van der Waals surface area (Å²) in [4.78, 5) is 25.1. The second kappa shape index (κ2) is 10.1. The van der Waals surface area contributed by atoms with Crippen LogP contribution in [0.2, 0.25) is 10.0 Å². The number of nitrogens with one attached hydrogen (secondary N) is 2. The number of carbonyl (C=O) groups excluding carboxylic acids is 2. The molecule has 0 unspecified atom stereocenters. The number of benzene rings is 2. The minimum absolute atomic E-state index is 0.267. The standard InChI is InChI=1S/C21H13Cl4F7N2O2/c22-12-5-8(1-2-13(12)26)14-15(20(14,24)25)18(36)34-9-6-10(16(23)11(7-9)21(30,31)32)17(35)33-4-3-19(27,28)29/h1-2,5-7,14-15H,3-4H2,(H,33,35)(H,34,36)/t14-,15+/m0/s1. The van der Waals surface area contributed by atoms with Crippen LogP contribution >= 0.6 is 46.4 Å². The van der Waals surface area contributed by atoms with Crippen LogP contribution < -0.4 is 10.6 Å². The van der Waals surface area contributed by atoms with Crippen LogP contribution in [0.4, 0.5) is 36.4 Å². The SMILES string of the molecule is O=C(NCCC(F)(F)F)c1cc(NC(=O)[C@H]2[C@H](c3ccc(F)c(Cl)c3)C2(Cl)Cl)cc(C(F)(F)F)c1Cl. The molecule has 0 radical (unpaired) electrons. The fraction of sp³-hybridized carbons (Fsp3) is 0.333. The van der Waals surface area contributed by atoms with Gasteiger partial charge in [-0.25, -0.2) is 4.39 Å². The topological polar surface area (TPSA) is 58.2 Å². The summed E-state index contributed by atoms with van der Waals surface area (Å²) in [6.07, 6.45) is -11.1. The molecule has 2 aromatic carbocycles. The first-order chi connectivity index (χ1) is 16.4. The van der Waals surface area contributed by atoms with Gasteiger partial charge in [-0.05, 0) is 29.8 Å². The van der Waals surface area contributed by atoms with Gasteiger partial charge in [-0.3, -0.25) is 9.59 Å². The van der Waals surface area contributed by atoms with Gasteiger partial charge >= 0.3 is 12.4 Å². The summed E-state index contributed by atoms with van der Waals surface area (Å²) in [5, 5.41) is 2.66. The Bertz CT molecular complexity index is 1200. The number of rotatable bonds is 6. The summed E-state index contributed by atoms with van der Waals surface area (Å²) in [5.41, 5.74) is -2.57. The van der Waals surface area contributed by atoms with Crippen molar-refractivity contribution in [3.8, 4) is 0 Å². The van der Waals surface area contributed by atoms with Crippen LogP contribution in [0.3, 0.4) is 0 Å². The van der Waals surface area contributed by atoms with Gasteiger partial charge in [0.15, 0.2) is 0 Å². The molecule has 0 spiro atoms. The van der Waals surface area contributed by atoms with E-state index in [9.17, 15) is 40.3 Å². The van der Waals surface area contributed by atoms with Crippen LogP contribution in [0.5, 0.6) is 0 Å². The summed E-state index contributed by atoms with van der Waals surface area (Å²) < 4.78 is 89.3. The fourth-order valence-electron chi connectivity index (χ4n) is 3.47. The van der Waals surface area contributed by atoms with Gasteiger partial charge in [0.05, 0.1) is 33.5 Å². The number of carbonyl (C=O) groups is 2. The van der Waals surface area contributed by atoms with E-state index in [0.29, 0.717) is 11.6 Å². The molecular weight excluding hydrogens is 587 g/mol. The Kier molecular flexibility index (Phi) is 8.01. The Morgan fingerprint density at radius 2 is 1.64 bits per heavy atom. The highest BCUT2D eigenvalue weighted by Gasteiger charge is 2.67. The highest BCUT2D eigenvalue weighted by Crippen LogP contribution is 2.65. The second-order valence-corrected chi connectivity index (χ2v) is 10.0. The van der Waals surface area contributed by atoms with Crippen molar-refractivity contribution in [2.45, 2.75) is 29.0 Å². The van der Waals surface area contributed by atoms with Crippen molar-refractivity contribution in [3.05, 3.63) is 62.9 Å². The molecule has 0 aliphatic heterocycles. The fourth-order valence-corrected chi connectivity index (χ4v) is 4.79. The normalized spacial score (nSPS) is 19.1. The average Bonchev–Trinajstić information content (AvgIpc) is 3.31. The molecule has 3 rings (SSSR count). The third-order valence-corrected chi connectivity index (χ3v) is 6.86. The lowest BCUT2D eigenvalue weighted by atomic mass is 10.1. The molecule has 0 bridgehead atoms. The van der Waals surface area contributed by atoms with Gasteiger partial charge in [0.2, 0.25) is 5.91 Å². The van der Waals surface area contributed by atoms with E-state index in [4.69, 9.17) is 46.4 Å². The molecule has 1 fully saturated rings. The molecule has 0 saturated heterocycles. The predicted octanol–water partition coefficient (Wildman–Crippen LogP) is 7.36. The van der Waals surface area contributed by atoms with Crippen LogP contribution in [-0.4, -0.2) is 28.9 Å². The summed E-state index contributed by atoms with van der Waals surface area (Å²) >= 11 is 23.8. The summed E-state index contributed by atoms with van der Waals surface area (Å²) in [5.74, 6) is -5.09. The minimum atomic E-state index is -5.07. The van der Waals surface area contributed by atoms with Crippen LogP contribution in [0.1, 0.15) is 33.8 Å². The molecule has 2 aromatic rings. The molecule has 1 aliphatic rings. The van der Waals surface area contributed by atoms with E-state index in [-0.39, 0.29) is 5.02 Å². The van der Waals surface area contributed by atoms with Gasteiger partial charge in [-0.2, -0.15) is 26.3 Å². The van der Waals surface area contributed by atoms with Gasteiger partial charge in [0, 0.05) is 18.2 Å². The molecule has 196 valence electrons. The number of amides is 2. The molecule has 36 heavy (non-hydrogen) atoms. The first-order valence-corrected chi connectivity index (χ1v) is 11.3. The highest BCUT2D eigenvalue weighted by atomic mass is 35.5. The van der Waals surface area contributed by atoms with Crippen molar-refractivity contribution in [2.75, 3.05) is 11.9 Å². The van der Waals surface area contributed by atoms with E-state index in [1.54, 1.807) is 0 Å². The summed E-state index contributed by atoms with van der Waals surface area (Å²) in [6.45, 7) is -0.915. The van der Waals surface area contributed by atoms with Crippen molar-refractivity contribution in [2.24, 2.45) is 5.92 Å². The molecule has 1 saturated carbocycles. The first kappa shape index (κ1) is 28.6. The van der Waals surface area contributed by atoms with E-state index in [0.717, 1.165) is 12.1 Å². The third-order valence-electron chi connectivity index (χ3n) is 5.22. The zero-order chi connectivity index (χ0) is 27.2. The predicted molar refractivity (Wildman–Crippen MR) is 120 cm³/mol. The number of hydrogen-bond donors (Lipinski definition) is 2. The highest BCUT2D eigenvalue weighted by molar-refractivity contribution is 6.53. The lowest BCUT2D eigenvalue weighted by Crippen LogP contribution is -2.29. The Hall–Kier alpha value is -1.95. The molecule has 0 aromatic heterocycles.